The van der Waals surface area contributed by atoms with Gasteiger partial charge in [0.05, 0.1) is 10.3 Å². The number of benzene rings is 1. The highest BCUT2D eigenvalue weighted by Gasteiger charge is 2.49. The molecule has 2 atom stereocenters. The van der Waals surface area contributed by atoms with E-state index < -0.39 is 10.0 Å². The van der Waals surface area contributed by atoms with E-state index >= 15 is 0 Å². The largest absolute Gasteiger partial charge is 0.326 e. The van der Waals surface area contributed by atoms with Gasteiger partial charge in [-0.3, -0.25) is 4.79 Å². The van der Waals surface area contributed by atoms with Crippen LogP contribution >= 0.6 is 12.4 Å². The number of sulfonamides is 1. The Morgan fingerprint density at radius 2 is 2.16 bits per heavy atom. The molecule has 1 amide bonds. The van der Waals surface area contributed by atoms with Gasteiger partial charge in [-0.15, -0.1) is 12.4 Å². The van der Waals surface area contributed by atoms with Crippen LogP contribution in [0.15, 0.2) is 23.1 Å². The molecule has 0 bridgehead atoms. The van der Waals surface area contributed by atoms with Crippen molar-refractivity contribution in [1.82, 2.24) is 5.32 Å². The first-order valence-electron chi connectivity index (χ1n) is 8.55. The summed E-state index contributed by atoms with van der Waals surface area (Å²) in [6, 6.07) is 4.95. The summed E-state index contributed by atoms with van der Waals surface area (Å²) in [5.74, 6) is 0.348. The SMILES string of the molecule is CCc1ccc(NC(=O)[C@@]23CCCC[C@H]2CNC3)cc1S(N)(=O)=O.Cl. The molecule has 1 saturated heterocycles. The highest BCUT2D eigenvalue weighted by molar-refractivity contribution is 7.89. The molecule has 25 heavy (non-hydrogen) atoms. The van der Waals surface area contributed by atoms with Crippen LogP contribution in [-0.4, -0.2) is 27.4 Å². The summed E-state index contributed by atoms with van der Waals surface area (Å²) in [4.78, 5) is 13.0. The summed E-state index contributed by atoms with van der Waals surface area (Å²) in [5.41, 5.74) is 0.780. The van der Waals surface area contributed by atoms with Gasteiger partial charge in [-0.05, 0) is 49.4 Å². The number of carbonyl (C=O) groups excluding carboxylic acids is 1. The molecule has 1 aliphatic carbocycles. The molecule has 1 aliphatic heterocycles. The predicted octanol–water partition coefficient (Wildman–Crippen LogP) is 2.04. The number of hydrogen-bond acceptors (Lipinski definition) is 4. The first-order valence-corrected chi connectivity index (χ1v) is 10.1. The van der Waals surface area contributed by atoms with Crippen LogP contribution in [0.1, 0.15) is 38.2 Å². The Kier molecular flexibility index (Phi) is 6.14. The number of nitrogens with one attached hydrogen (secondary N) is 2. The third kappa shape index (κ3) is 3.84. The molecule has 1 aromatic carbocycles. The second-order valence-electron chi connectivity index (χ2n) is 6.90. The van der Waals surface area contributed by atoms with Crippen molar-refractivity contribution in [2.75, 3.05) is 18.4 Å². The van der Waals surface area contributed by atoms with E-state index in [2.05, 4.69) is 10.6 Å². The zero-order valence-corrected chi connectivity index (χ0v) is 16.0. The molecule has 0 spiro atoms. The number of carbonyl (C=O) groups is 1. The highest BCUT2D eigenvalue weighted by atomic mass is 35.5. The fourth-order valence-corrected chi connectivity index (χ4v) is 5.00. The molecule has 0 radical (unpaired) electrons. The topological polar surface area (TPSA) is 101 Å². The normalized spacial score (nSPS) is 25.8. The van der Waals surface area contributed by atoms with Crippen molar-refractivity contribution in [1.29, 1.82) is 0 Å². The lowest BCUT2D eigenvalue weighted by Crippen LogP contribution is -2.44. The van der Waals surface area contributed by atoms with E-state index in [4.69, 9.17) is 5.14 Å². The van der Waals surface area contributed by atoms with Crippen LogP contribution in [0.4, 0.5) is 5.69 Å². The van der Waals surface area contributed by atoms with Crippen LogP contribution in [0.5, 0.6) is 0 Å². The first kappa shape index (κ1) is 20.2. The number of nitrogens with two attached hydrogens (primary N) is 1. The summed E-state index contributed by atoms with van der Waals surface area (Å²) in [7, 11) is -3.81. The minimum atomic E-state index is -3.81. The Bertz CT molecular complexity index is 754. The second kappa shape index (κ2) is 7.61. The fraction of sp³-hybridized carbons (Fsp3) is 0.588. The van der Waals surface area contributed by atoms with E-state index in [0.29, 0.717) is 30.1 Å². The smallest absolute Gasteiger partial charge is 0.238 e. The van der Waals surface area contributed by atoms with E-state index in [1.54, 1.807) is 12.1 Å². The van der Waals surface area contributed by atoms with Gasteiger partial charge in [0.2, 0.25) is 15.9 Å². The quantitative estimate of drug-likeness (QED) is 0.735. The Morgan fingerprint density at radius 1 is 1.40 bits per heavy atom. The first-order chi connectivity index (χ1) is 11.4. The molecule has 2 fully saturated rings. The van der Waals surface area contributed by atoms with Gasteiger partial charge < -0.3 is 10.6 Å². The number of anilines is 1. The maximum atomic E-state index is 13.0. The molecule has 140 valence electrons. The van der Waals surface area contributed by atoms with Crippen LogP contribution in [0, 0.1) is 11.3 Å². The van der Waals surface area contributed by atoms with Gasteiger partial charge in [-0.25, -0.2) is 13.6 Å². The van der Waals surface area contributed by atoms with Gasteiger partial charge in [0, 0.05) is 12.2 Å². The molecule has 4 N–H and O–H groups in total. The number of fused-ring (bicyclic) bond motifs is 1. The van der Waals surface area contributed by atoms with Crippen molar-refractivity contribution in [2.45, 2.75) is 43.9 Å². The molecule has 0 aromatic heterocycles. The molecular weight excluding hydrogens is 362 g/mol. The van der Waals surface area contributed by atoms with E-state index in [1.165, 1.54) is 12.5 Å². The zero-order chi connectivity index (χ0) is 17.4. The summed E-state index contributed by atoms with van der Waals surface area (Å²) >= 11 is 0. The van der Waals surface area contributed by atoms with Crippen LogP contribution < -0.4 is 15.8 Å². The van der Waals surface area contributed by atoms with Gasteiger partial charge in [-0.2, -0.15) is 0 Å². The molecule has 0 unspecified atom stereocenters. The van der Waals surface area contributed by atoms with Crippen molar-refractivity contribution in [3.63, 3.8) is 0 Å². The molecular formula is C17H26ClN3O3S. The van der Waals surface area contributed by atoms with Gasteiger partial charge in [0.15, 0.2) is 0 Å². The Labute approximate surface area is 155 Å². The van der Waals surface area contributed by atoms with Crippen LogP contribution in [0.2, 0.25) is 0 Å². The number of amides is 1. The number of rotatable bonds is 4. The van der Waals surface area contributed by atoms with E-state index in [1.807, 2.05) is 6.92 Å². The molecule has 6 nitrogen and oxygen atoms in total. The Balaban J connectivity index is 0.00000225. The lowest BCUT2D eigenvalue weighted by molar-refractivity contribution is -0.128. The third-order valence-corrected chi connectivity index (χ3v) is 6.50. The van der Waals surface area contributed by atoms with Crippen molar-refractivity contribution in [2.24, 2.45) is 16.5 Å². The maximum absolute atomic E-state index is 13.0. The molecule has 1 heterocycles. The van der Waals surface area contributed by atoms with Crippen LogP contribution in [0.3, 0.4) is 0 Å². The minimum absolute atomic E-state index is 0. The molecule has 2 aliphatic rings. The maximum Gasteiger partial charge on any atom is 0.238 e. The van der Waals surface area contributed by atoms with Crippen molar-refractivity contribution in [3.05, 3.63) is 23.8 Å². The van der Waals surface area contributed by atoms with E-state index in [0.717, 1.165) is 25.8 Å². The average Bonchev–Trinajstić information content (AvgIpc) is 2.99. The number of primary sulfonamides is 1. The summed E-state index contributed by atoms with van der Waals surface area (Å²) in [5, 5.41) is 11.6. The molecule has 3 rings (SSSR count). The Hall–Kier alpha value is -1.15. The molecule has 1 aromatic rings. The van der Waals surface area contributed by atoms with Gasteiger partial charge in [-0.1, -0.05) is 25.8 Å². The summed E-state index contributed by atoms with van der Waals surface area (Å²) < 4.78 is 23.6. The zero-order valence-electron chi connectivity index (χ0n) is 14.4. The Morgan fingerprint density at radius 3 is 2.84 bits per heavy atom. The third-order valence-electron chi connectivity index (χ3n) is 5.50. The van der Waals surface area contributed by atoms with E-state index in [-0.39, 0.29) is 28.6 Å². The van der Waals surface area contributed by atoms with Crippen molar-refractivity contribution < 1.29 is 13.2 Å². The number of halogens is 1. The predicted molar refractivity (Wildman–Crippen MR) is 100 cm³/mol. The standard InChI is InChI=1S/C17H25N3O3S.ClH/c1-2-12-6-7-14(9-15(12)24(18,22)23)20-16(21)17-8-4-3-5-13(17)10-19-11-17;/h6-7,9,13,19H,2-5,8,10-11H2,1H3,(H,20,21)(H2,18,22,23);1H/t13-,17+;/m0./s1. The van der Waals surface area contributed by atoms with Crippen LogP contribution in [-0.2, 0) is 21.2 Å². The van der Waals surface area contributed by atoms with Crippen molar-refractivity contribution in [3.8, 4) is 0 Å². The summed E-state index contributed by atoms with van der Waals surface area (Å²) in [6.07, 6.45) is 4.74. The lowest BCUT2D eigenvalue weighted by atomic mass is 9.67. The van der Waals surface area contributed by atoms with Crippen LogP contribution in [0.25, 0.3) is 0 Å². The molecule has 8 heteroatoms. The minimum Gasteiger partial charge on any atom is -0.326 e. The monoisotopic (exact) mass is 387 g/mol. The second-order valence-corrected chi connectivity index (χ2v) is 8.43. The number of aryl methyl sites for hydroxylation is 1. The van der Waals surface area contributed by atoms with Gasteiger partial charge in [0.25, 0.3) is 0 Å². The number of hydrogen-bond donors (Lipinski definition) is 3. The van der Waals surface area contributed by atoms with Gasteiger partial charge >= 0.3 is 0 Å². The fourth-order valence-electron chi connectivity index (χ4n) is 4.14. The summed E-state index contributed by atoms with van der Waals surface area (Å²) in [6.45, 7) is 3.45. The highest BCUT2D eigenvalue weighted by Crippen LogP contribution is 2.44. The van der Waals surface area contributed by atoms with E-state index in [9.17, 15) is 13.2 Å². The van der Waals surface area contributed by atoms with Crippen molar-refractivity contribution >= 4 is 34.0 Å². The average molecular weight is 388 g/mol. The molecule has 1 saturated carbocycles. The van der Waals surface area contributed by atoms with Gasteiger partial charge in [0.1, 0.15) is 0 Å². The lowest BCUT2D eigenvalue weighted by Gasteiger charge is -2.37.